The summed E-state index contributed by atoms with van der Waals surface area (Å²) in [5.41, 5.74) is 5.67. The first-order valence-electron chi connectivity index (χ1n) is 7.18. The number of rotatable bonds is 3. The first kappa shape index (κ1) is 13.9. The van der Waals surface area contributed by atoms with E-state index in [2.05, 4.69) is 46.5 Å². The monoisotopic (exact) mass is 260 g/mol. The van der Waals surface area contributed by atoms with Crippen LogP contribution >= 0.6 is 0 Å². The summed E-state index contributed by atoms with van der Waals surface area (Å²) in [7, 11) is 0. The molecule has 0 spiro atoms. The molecule has 1 aliphatic rings. The Kier molecular flexibility index (Phi) is 5.21. The Balaban J connectivity index is 2.01. The van der Waals surface area contributed by atoms with Crippen molar-refractivity contribution in [3.8, 4) is 0 Å². The second-order valence-corrected chi connectivity index (χ2v) is 4.96. The highest BCUT2D eigenvalue weighted by Gasteiger charge is 2.15. The number of hydrogen-bond acceptors (Lipinski definition) is 2. The Morgan fingerprint density at radius 3 is 2.42 bits per heavy atom. The number of guanidine groups is 1. The fraction of sp³-hybridized carbons (Fsp3) is 0.533. The molecule has 19 heavy (non-hydrogen) atoms. The van der Waals surface area contributed by atoms with Crippen LogP contribution in [0.25, 0.3) is 0 Å². The number of nitrogens with two attached hydrogens (primary N) is 1. The van der Waals surface area contributed by atoms with Gasteiger partial charge in [0.25, 0.3) is 0 Å². The summed E-state index contributed by atoms with van der Waals surface area (Å²) in [6.45, 7) is 4.98. The van der Waals surface area contributed by atoms with Crippen LogP contribution in [-0.4, -0.2) is 30.5 Å². The molecule has 0 atom stereocenters. The van der Waals surface area contributed by atoms with Crippen LogP contribution in [0.15, 0.2) is 29.3 Å². The molecule has 1 aromatic rings. The van der Waals surface area contributed by atoms with Gasteiger partial charge in [0.1, 0.15) is 0 Å². The molecule has 0 fully saturated rings. The van der Waals surface area contributed by atoms with E-state index in [9.17, 15) is 0 Å². The van der Waals surface area contributed by atoms with E-state index >= 15 is 0 Å². The molecule has 4 heteroatoms. The highest BCUT2D eigenvalue weighted by molar-refractivity contribution is 5.79. The number of hydrogen-bond donors (Lipinski definition) is 2. The van der Waals surface area contributed by atoms with Crippen LogP contribution in [0.4, 0.5) is 0 Å². The number of benzene rings is 1. The van der Waals surface area contributed by atoms with Crippen molar-refractivity contribution in [1.29, 1.82) is 0 Å². The molecule has 1 aromatic carbocycles. The van der Waals surface area contributed by atoms with E-state index in [0.29, 0.717) is 0 Å². The van der Waals surface area contributed by atoms with Gasteiger partial charge in [0.2, 0.25) is 5.96 Å². The van der Waals surface area contributed by atoms with Crippen LogP contribution in [0.1, 0.15) is 30.9 Å². The zero-order valence-corrected chi connectivity index (χ0v) is 11.7. The topological polar surface area (TPSA) is 53.6 Å². The number of aliphatic imine (C=N–C) groups is 1. The van der Waals surface area contributed by atoms with Crippen LogP contribution in [0, 0.1) is 0 Å². The molecule has 2 rings (SSSR count). The Morgan fingerprint density at radius 1 is 1.26 bits per heavy atom. The van der Waals surface area contributed by atoms with Gasteiger partial charge in [-0.05, 0) is 30.4 Å². The lowest BCUT2D eigenvalue weighted by molar-refractivity contribution is 0.421. The van der Waals surface area contributed by atoms with E-state index < -0.39 is 0 Å². The molecule has 0 bridgehead atoms. The smallest absolute Gasteiger partial charge is 0.208 e. The van der Waals surface area contributed by atoms with E-state index in [1.54, 1.807) is 0 Å². The Labute approximate surface area is 115 Å². The van der Waals surface area contributed by atoms with Crippen molar-refractivity contribution >= 4 is 5.96 Å². The second kappa shape index (κ2) is 7.14. The molecule has 0 amide bonds. The average molecular weight is 260 g/mol. The van der Waals surface area contributed by atoms with Gasteiger partial charge in [-0.1, -0.05) is 37.6 Å². The molecule has 0 radical (unpaired) electrons. The molecule has 1 aliphatic heterocycles. The van der Waals surface area contributed by atoms with Gasteiger partial charge in [0.15, 0.2) is 0 Å². The van der Waals surface area contributed by atoms with Crippen molar-refractivity contribution in [1.82, 2.24) is 10.3 Å². The van der Waals surface area contributed by atoms with Crippen LogP contribution < -0.4 is 11.3 Å². The number of nitrogens with zero attached hydrogens (tertiary/aromatic N) is 2. The largest absolute Gasteiger partial charge is 0.341 e. The fourth-order valence-corrected chi connectivity index (χ4v) is 2.46. The Morgan fingerprint density at radius 2 is 1.89 bits per heavy atom. The van der Waals surface area contributed by atoms with Gasteiger partial charge in [-0.3, -0.25) is 10.4 Å². The lowest BCUT2D eigenvalue weighted by atomic mass is 10.0. The number of unbranched alkanes of at least 4 members (excludes halogenated alkanes) is 1. The molecule has 0 unspecified atom stereocenters. The predicted octanol–water partition coefficient (Wildman–Crippen LogP) is 1.71. The van der Waals surface area contributed by atoms with Crippen molar-refractivity contribution < 1.29 is 0 Å². The molecule has 1 heterocycles. The molecular weight excluding hydrogens is 236 g/mol. The lowest BCUT2D eigenvalue weighted by Crippen LogP contribution is -2.46. The summed E-state index contributed by atoms with van der Waals surface area (Å²) in [5.74, 6) is 6.45. The molecule has 3 N–H and O–H groups in total. The van der Waals surface area contributed by atoms with Crippen molar-refractivity contribution in [3.05, 3.63) is 35.4 Å². The lowest BCUT2D eigenvalue weighted by Gasteiger charge is -2.23. The molecule has 104 valence electrons. The molecule has 4 nitrogen and oxygen atoms in total. The maximum Gasteiger partial charge on any atom is 0.208 e. The highest BCUT2D eigenvalue weighted by Crippen LogP contribution is 2.15. The summed E-state index contributed by atoms with van der Waals surface area (Å²) in [6.07, 6.45) is 4.39. The zero-order valence-electron chi connectivity index (χ0n) is 11.7. The second-order valence-electron chi connectivity index (χ2n) is 4.96. The minimum Gasteiger partial charge on any atom is -0.341 e. The van der Waals surface area contributed by atoms with Gasteiger partial charge < -0.3 is 4.90 Å². The summed E-state index contributed by atoms with van der Waals surface area (Å²) >= 11 is 0. The van der Waals surface area contributed by atoms with Crippen molar-refractivity contribution in [2.24, 2.45) is 10.8 Å². The third-order valence-electron chi connectivity index (χ3n) is 3.62. The quantitative estimate of drug-likeness (QED) is 0.286. The van der Waals surface area contributed by atoms with Crippen LogP contribution in [0.2, 0.25) is 0 Å². The van der Waals surface area contributed by atoms with Crippen LogP contribution in [0.3, 0.4) is 0 Å². The van der Waals surface area contributed by atoms with E-state index in [0.717, 1.165) is 51.3 Å². The number of fused-ring (bicyclic) bond motifs is 1. The van der Waals surface area contributed by atoms with Gasteiger partial charge in [0, 0.05) is 19.6 Å². The summed E-state index contributed by atoms with van der Waals surface area (Å²) in [5, 5.41) is 0. The van der Waals surface area contributed by atoms with E-state index in [-0.39, 0.29) is 0 Å². The van der Waals surface area contributed by atoms with E-state index in [1.165, 1.54) is 11.1 Å². The Hall–Kier alpha value is -1.55. The SMILES string of the molecule is CCCCN=C(NN)N1CCc2ccccc2CC1. The Bertz CT molecular complexity index is 401. The van der Waals surface area contributed by atoms with Crippen molar-refractivity contribution in [2.75, 3.05) is 19.6 Å². The summed E-state index contributed by atoms with van der Waals surface area (Å²) < 4.78 is 0. The summed E-state index contributed by atoms with van der Waals surface area (Å²) in [4.78, 5) is 6.83. The molecule has 0 aromatic heterocycles. The first-order valence-corrected chi connectivity index (χ1v) is 7.18. The number of nitrogens with one attached hydrogen (secondary N) is 1. The number of hydrazine groups is 1. The third-order valence-corrected chi connectivity index (χ3v) is 3.62. The molecule has 0 saturated carbocycles. The van der Waals surface area contributed by atoms with Gasteiger partial charge in [-0.2, -0.15) is 0 Å². The van der Waals surface area contributed by atoms with Gasteiger partial charge in [0.05, 0.1) is 0 Å². The highest BCUT2D eigenvalue weighted by atomic mass is 15.4. The first-order chi connectivity index (χ1) is 9.35. The fourth-order valence-electron chi connectivity index (χ4n) is 2.46. The normalized spacial score (nSPS) is 15.9. The molecule has 0 aliphatic carbocycles. The standard InChI is InChI=1S/C15H24N4/c1-2-3-10-17-15(18-16)19-11-8-13-6-4-5-7-14(13)9-12-19/h4-7H,2-3,8-12,16H2,1H3,(H,17,18). The van der Waals surface area contributed by atoms with Gasteiger partial charge in [-0.15, -0.1) is 0 Å². The maximum absolute atomic E-state index is 5.62. The average Bonchev–Trinajstić information content (AvgIpc) is 2.66. The molecular formula is C15H24N4. The van der Waals surface area contributed by atoms with Gasteiger partial charge in [-0.25, -0.2) is 5.84 Å². The van der Waals surface area contributed by atoms with Gasteiger partial charge >= 0.3 is 0 Å². The van der Waals surface area contributed by atoms with Crippen molar-refractivity contribution in [3.63, 3.8) is 0 Å². The van der Waals surface area contributed by atoms with E-state index in [4.69, 9.17) is 5.84 Å². The zero-order chi connectivity index (χ0) is 13.5. The van der Waals surface area contributed by atoms with Crippen LogP contribution in [0.5, 0.6) is 0 Å². The minimum absolute atomic E-state index is 0.834. The van der Waals surface area contributed by atoms with Crippen molar-refractivity contribution in [2.45, 2.75) is 32.6 Å². The van der Waals surface area contributed by atoms with E-state index in [1.807, 2.05) is 0 Å². The molecule has 0 saturated heterocycles. The minimum atomic E-state index is 0.834. The summed E-state index contributed by atoms with van der Waals surface area (Å²) in [6, 6.07) is 8.68. The predicted molar refractivity (Wildman–Crippen MR) is 80.0 cm³/mol. The third kappa shape index (κ3) is 3.70. The maximum atomic E-state index is 5.62. The van der Waals surface area contributed by atoms with Crippen LogP contribution in [-0.2, 0) is 12.8 Å².